The van der Waals surface area contributed by atoms with Gasteiger partial charge in [-0.1, -0.05) is 6.92 Å². The second kappa shape index (κ2) is 5.07. The van der Waals surface area contributed by atoms with Crippen LogP contribution in [-0.4, -0.2) is 36.3 Å². The zero-order valence-corrected chi connectivity index (χ0v) is 11.9. The molecule has 0 spiro atoms. The molecular formula is C14H20N2O3. The number of rotatable bonds is 3. The summed E-state index contributed by atoms with van der Waals surface area (Å²) in [6.07, 6.45) is 0.901. The van der Waals surface area contributed by atoms with Crippen molar-refractivity contribution in [1.82, 2.24) is 4.98 Å². The molecule has 2 heterocycles. The van der Waals surface area contributed by atoms with Gasteiger partial charge in [0, 0.05) is 25.1 Å². The first-order chi connectivity index (χ1) is 9.01. The lowest BCUT2D eigenvalue weighted by Crippen LogP contribution is -2.16. The molecule has 1 aromatic heterocycles. The topological polar surface area (TPSA) is 62.7 Å². The van der Waals surface area contributed by atoms with Crippen molar-refractivity contribution in [3.8, 4) is 5.75 Å². The number of esters is 1. The molecule has 0 amide bonds. The molecule has 0 saturated heterocycles. The number of likely N-dealkylation sites (N-methyl/N-ethyl adjacent to an activating group) is 1. The number of carbonyl (C=O) groups is 1. The van der Waals surface area contributed by atoms with Gasteiger partial charge in [0.2, 0.25) is 0 Å². The van der Waals surface area contributed by atoms with E-state index < -0.39 is 5.97 Å². The standard InChI is InChI=1S/C14H20N2O3/c1-5-9-7-16(4)13-11(9)12(17)10(8(3)15-13)14(18)19-6-2/h9H,5-7H2,1-4H3,(H,15,17). The van der Waals surface area contributed by atoms with E-state index in [-0.39, 0.29) is 23.8 Å². The van der Waals surface area contributed by atoms with E-state index in [1.54, 1.807) is 13.8 Å². The number of nitrogens with zero attached hydrogens (tertiary/aromatic N) is 2. The van der Waals surface area contributed by atoms with Gasteiger partial charge in [-0.3, -0.25) is 0 Å². The molecule has 5 nitrogen and oxygen atoms in total. The van der Waals surface area contributed by atoms with Crippen molar-refractivity contribution >= 4 is 11.8 Å². The van der Waals surface area contributed by atoms with E-state index in [1.807, 2.05) is 11.9 Å². The molecule has 0 aromatic carbocycles. The maximum atomic E-state index is 11.9. The van der Waals surface area contributed by atoms with Crippen LogP contribution in [0.1, 0.15) is 47.8 Å². The van der Waals surface area contributed by atoms with Crippen LogP contribution < -0.4 is 4.90 Å². The van der Waals surface area contributed by atoms with Crippen LogP contribution in [0, 0.1) is 6.92 Å². The third kappa shape index (κ3) is 2.13. The zero-order chi connectivity index (χ0) is 14.2. The predicted octanol–water partition coefficient (Wildman–Crippen LogP) is 2.22. The van der Waals surface area contributed by atoms with Crippen molar-refractivity contribution in [3.05, 3.63) is 16.8 Å². The number of hydrogen-bond acceptors (Lipinski definition) is 5. The molecule has 1 aliphatic heterocycles. The van der Waals surface area contributed by atoms with Crippen molar-refractivity contribution in [2.45, 2.75) is 33.1 Å². The van der Waals surface area contributed by atoms with Crippen LogP contribution in [0.4, 0.5) is 5.82 Å². The lowest BCUT2D eigenvalue weighted by molar-refractivity contribution is 0.0521. The minimum atomic E-state index is -0.503. The number of hydrogen-bond donors (Lipinski definition) is 1. The second-order valence-corrected chi connectivity index (χ2v) is 4.86. The van der Waals surface area contributed by atoms with Crippen molar-refractivity contribution in [1.29, 1.82) is 0 Å². The number of aryl methyl sites for hydroxylation is 1. The van der Waals surface area contributed by atoms with Gasteiger partial charge in [-0.2, -0.15) is 0 Å². The molecule has 0 bridgehead atoms. The van der Waals surface area contributed by atoms with E-state index in [9.17, 15) is 9.90 Å². The quantitative estimate of drug-likeness (QED) is 0.848. The average Bonchev–Trinajstić information content (AvgIpc) is 2.67. The molecule has 1 N–H and O–H groups in total. The number of pyridine rings is 1. The fraction of sp³-hybridized carbons (Fsp3) is 0.571. The summed E-state index contributed by atoms with van der Waals surface area (Å²) < 4.78 is 4.99. The Morgan fingerprint density at radius 1 is 1.53 bits per heavy atom. The van der Waals surface area contributed by atoms with Gasteiger partial charge in [-0.05, 0) is 20.3 Å². The summed E-state index contributed by atoms with van der Waals surface area (Å²) in [5.41, 5.74) is 1.49. The average molecular weight is 264 g/mol. The van der Waals surface area contributed by atoms with Gasteiger partial charge in [-0.25, -0.2) is 9.78 Å². The van der Waals surface area contributed by atoms with Crippen LogP contribution in [0.15, 0.2) is 0 Å². The Labute approximate surface area is 113 Å². The molecular weight excluding hydrogens is 244 g/mol. The largest absolute Gasteiger partial charge is 0.507 e. The monoisotopic (exact) mass is 264 g/mol. The van der Waals surface area contributed by atoms with Gasteiger partial charge in [0.15, 0.2) is 0 Å². The highest BCUT2D eigenvalue weighted by Gasteiger charge is 2.33. The summed E-state index contributed by atoms with van der Waals surface area (Å²) in [5, 5.41) is 10.4. The summed E-state index contributed by atoms with van der Waals surface area (Å²) in [5.74, 6) is 0.519. The van der Waals surface area contributed by atoms with E-state index in [1.165, 1.54) is 0 Å². The molecule has 1 aliphatic rings. The maximum Gasteiger partial charge on any atom is 0.343 e. The van der Waals surface area contributed by atoms with Crippen LogP contribution in [0.3, 0.4) is 0 Å². The Morgan fingerprint density at radius 3 is 2.79 bits per heavy atom. The Bertz CT molecular complexity index is 514. The summed E-state index contributed by atoms with van der Waals surface area (Å²) in [6, 6.07) is 0. The Hall–Kier alpha value is -1.78. The fourth-order valence-corrected chi connectivity index (χ4v) is 2.64. The minimum absolute atomic E-state index is 0.0390. The Kier molecular flexibility index (Phi) is 3.64. The predicted molar refractivity (Wildman–Crippen MR) is 72.9 cm³/mol. The Balaban J connectivity index is 2.57. The summed E-state index contributed by atoms with van der Waals surface area (Å²) in [7, 11) is 1.95. The van der Waals surface area contributed by atoms with Crippen molar-refractivity contribution in [3.63, 3.8) is 0 Å². The summed E-state index contributed by atoms with van der Waals surface area (Å²) in [4.78, 5) is 18.4. The zero-order valence-electron chi connectivity index (χ0n) is 11.9. The molecule has 104 valence electrons. The van der Waals surface area contributed by atoms with Gasteiger partial charge in [-0.15, -0.1) is 0 Å². The normalized spacial score (nSPS) is 17.5. The van der Waals surface area contributed by atoms with E-state index in [0.29, 0.717) is 5.69 Å². The number of aromatic nitrogens is 1. The summed E-state index contributed by atoms with van der Waals surface area (Å²) in [6.45, 7) is 6.63. The molecule has 0 radical (unpaired) electrons. The molecule has 5 heteroatoms. The molecule has 0 aliphatic carbocycles. The molecule has 2 rings (SSSR count). The van der Waals surface area contributed by atoms with Crippen LogP contribution in [0.5, 0.6) is 5.75 Å². The lowest BCUT2D eigenvalue weighted by Gasteiger charge is -2.14. The van der Waals surface area contributed by atoms with Crippen molar-refractivity contribution in [2.75, 3.05) is 25.1 Å². The molecule has 0 saturated carbocycles. The van der Waals surface area contributed by atoms with E-state index >= 15 is 0 Å². The number of anilines is 1. The lowest BCUT2D eigenvalue weighted by atomic mass is 9.97. The minimum Gasteiger partial charge on any atom is -0.507 e. The van der Waals surface area contributed by atoms with E-state index in [0.717, 1.165) is 24.3 Å². The number of carbonyl (C=O) groups excluding carboxylic acids is 1. The van der Waals surface area contributed by atoms with Crippen LogP contribution in [-0.2, 0) is 4.74 Å². The molecule has 1 aromatic rings. The Morgan fingerprint density at radius 2 is 2.21 bits per heavy atom. The first-order valence-electron chi connectivity index (χ1n) is 6.62. The van der Waals surface area contributed by atoms with Crippen LogP contribution in [0.25, 0.3) is 0 Å². The fourth-order valence-electron chi connectivity index (χ4n) is 2.64. The first-order valence-corrected chi connectivity index (χ1v) is 6.62. The van der Waals surface area contributed by atoms with Crippen LogP contribution in [0.2, 0.25) is 0 Å². The van der Waals surface area contributed by atoms with Gasteiger partial charge < -0.3 is 14.7 Å². The maximum absolute atomic E-state index is 11.9. The number of ether oxygens (including phenoxy) is 1. The SMILES string of the molecule is CCOC(=O)c1c(C)nc2c(c1O)C(CC)CN2C. The molecule has 1 atom stereocenters. The van der Waals surface area contributed by atoms with E-state index in [4.69, 9.17) is 4.74 Å². The van der Waals surface area contributed by atoms with E-state index in [2.05, 4.69) is 11.9 Å². The number of aromatic hydroxyl groups is 1. The highest BCUT2D eigenvalue weighted by molar-refractivity contribution is 5.95. The van der Waals surface area contributed by atoms with Gasteiger partial charge in [0.1, 0.15) is 17.1 Å². The van der Waals surface area contributed by atoms with Gasteiger partial charge in [0.25, 0.3) is 0 Å². The van der Waals surface area contributed by atoms with Gasteiger partial charge >= 0.3 is 5.97 Å². The summed E-state index contributed by atoms with van der Waals surface area (Å²) >= 11 is 0. The molecule has 19 heavy (non-hydrogen) atoms. The van der Waals surface area contributed by atoms with Crippen molar-refractivity contribution in [2.24, 2.45) is 0 Å². The molecule has 0 fully saturated rings. The van der Waals surface area contributed by atoms with Crippen LogP contribution >= 0.6 is 0 Å². The third-order valence-electron chi connectivity index (χ3n) is 3.60. The first kappa shape index (κ1) is 13.6. The molecule has 1 unspecified atom stereocenters. The number of fused-ring (bicyclic) bond motifs is 1. The van der Waals surface area contributed by atoms with Gasteiger partial charge in [0.05, 0.1) is 12.3 Å². The second-order valence-electron chi connectivity index (χ2n) is 4.86. The third-order valence-corrected chi connectivity index (χ3v) is 3.60. The highest BCUT2D eigenvalue weighted by atomic mass is 16.5. The van der Waals surface area contributed by atoms with Crippen molar-refractivity contribution < 1.29 is 14.6 Å². The smallest absolute Gasteiger partial charge is 0.343 e. The highest BCUT2D eigenvalue weighted by Crippen LogP contribution is 2.43.